The van der Waals surface area contributed by atoms with Crippen LogP contribution < -0.4 is 16.3 Å². The molecule has 0 fully saturated rings. The van der Waals surface area contributed by atoms with E-state index >= 15 is 0 Å². The molecule has 4 N–H and O–H groups in total. The molecule has 0 spiro atoms. The Balaban J connectivity index is 1.45. The molecule has 3 aromatic rings. The van der Waals surface area contributed by atoms with Gasteiger partial charge in [-0.1, -0.05) is 12.1 Å². The third kappa shape index (κ3) is 4.53. The average Bonchev–Trinajstić information content (AvgIpc) is 2.99. The first kappa shape index (κ1) is 17.3. The van der Waals surface area contributed by atoms with Crippen LogP contribution in [0.5, 0.6) is 0 Å². The number of hydrogen-bond acceptors (Lipinski definition) is 4. The standard InChI is InChI=1S/C17H16FN5O3/c18-11-3-1-10(2-4-11)9-19-14(24)7-8-15(25)21-13-6-5-12-16(22-13)23-17(26)20-12/h1-6H,7-9H2,(H,19,24)(H3,20,21,22,23,25,26). The van der Waals surface area contributed by atoms with Crippen molar-refractivity contribution in [3.05, 3.63) is 58.3 Å². The highest BCUT2D eigenvalue weighted by atomic mass is 19.1. The number of imidazole rings is 1. The summed E-state index contributed by atoms with van der Waals surface area (Å²) in [4.78, 5) is 44.0. The van der Waals surface area contributed by atoms with Gasteiger partial charge >= 0.3 is 5.69 Å². The molecule has 8 nitrogen and oxygen atoms in total. The van der Waals surface area contributed by atoms with Gasteiger partial charge in [0.2, 0.25) is 11.8 Å². The van der Waals surface area contributed by atoms with Gasteiger partial charge in [0.1, 0.15) is 11.6 Å². The topological polar surface area (TPSA) is 120 Å². The molecular formula is C17H16FN5O3. The summed E-state index contributed by atoms with van der Waals surface area (Å²) in [5.41, 5.74) is 1.26. The number of aromatic nitrogens is 3. The number of anilines is 1. The number of pyridine rings is 1. The summed E-state index contributed by atoms with van der Waals surface area (Å²) in [6, 6.07) is 8.96. The lowest BCUT2D eigenvalue weighted by Crippen LogP contribution is -2.24. The Hall–Kier alpha value is -3.49. The van der Waals surface area contributed by atoms with Gasteiger partial charge in [-0.05, 0) is 29.8 Å². The molecule has 2 heterocycles. The number of H-pyrrole nitrogens is 2. The zero-order valence-corrected chi connectivity index (χ0v) is 13.6. The van der Waals surface area contributed by atoms with Crippen molar-refractivity contribution in [2.24, 2.45) is 0 Å². The molecule has 0 aliphatic heterocycles. The number of nitrogens with zero attached hydrogens (tertiary/aromatic N) is 1. The van der Waals surface area contributed by atoms with Crippen LogP contribution in [0.3, 0.4) is 0 Å². The van der Waals surface area contributed by atoms with E-state index in [4.69, 9.17) is 0 Å². The monoisotopic (exact) mass is 357 g/mol. The van der Waals surface area contributed by atoms with E-state index in [0.717, 1.165) is 5.56 Å². The number of rotatable bonds is 6. The van der Waals surface area contributed by atoms with Crippen LogP contribution >= 0.6 is 0 Å². The van der Waals surface area contributed by atoms with Crippen molar-refractivity contribution in [1.82, 2.24) is 20.3 Å². The molecule has 0 atom stereocenters. The number of amides is 2. The zero-order valence-electron chi connectivity index (χ0n) is 13.6. The molecule has 1 aromatic carbocycles. The SMILES string of the molecule is O=C(CCC(=O)Nc1ccc2[nH]c(=O)[nH]c2n1)NCc1ccc(F)cc1. The number of halogens is 1. The minimum atomic E-state index is -0.381. The van der Waals surface area contributed by atoms with E-state index < -0.39 is 0 Å². The summed E-state index contributed by atoms with van der Waals surface area (Å²) >= 11 is 0. The average molecular weight is 357 g/mol. The van der Waals surface area contributed by atoms with Gasteiger partial charge in [-0.2, -0.15) is 0 Å². The maximum atomic E-state index is 12.8. The first-order valence-electron chi connectivity index (χ1n) is 7.89. The Morgan fingerprint density at radius 3 is 2.50 bits per heavy atom. The molecular weight excluding hydrogens is 341 g/mol. The van der Waals surface area contributed by atoms with E-state index in [1.54, 1.807) is 24.3 Å². The van der Waals surface area contributed by atoms with Crippen LogP contribution in [0.25, 0.3) is 11.2 Å². The predicted octanol–water partition coefficient (Wildman–Crippen LogP) is 1.43. The fourth-order valence-electron chi connectivity index (χ4n) is 2.31. The van der Waals surface area contributed by atoms with Gasteiger partial charge in [0, 0.05) is 19.4 Å². The third-order valence-electron chi connectivity index (χ3n) is 3.62. The highest BCUT2D eigenvalue weighted by molar-refractivity contribution is 5.93. The lowest BCUT2D eigenvalue weighted by molar-refractivity contribution is -0.124. The molecule has 3 rings (SSSR count). The third-order valence-corrected chi connectivity index (χ3v) is 3.62. The Morgan fingerprint density at radius 2 is 1.73 bits per heavy atom. The second kappa shape index (κ2) is 7.60. The molecule has 0 saturated carbocycles. The molecule has 134 valence electrons. The largest absolute Gasteiger partial charge is 0.352 e. The molecule has 26 heavy (non-hydrogen) atoms. The van der Waals surface area contributed by atoms with E-state index in [0.29, 0.717) is 11.2 Å². The molecule has 0 unspecified atom stereocenters. The Kier molecular flexibility index (Phi) is 5.07. The van der Waals surface area contributed by atoms with Crippen LogP contribution in [0.2, 0.25) is 0 Å². The minimum absolute atomic E-state index is 0.0102. The summed E-state index contributed by atoms with van der Waals surface area (Å²) < 4.78 is 12.8. The van der Waals surface area contributed by atoms with Crippen molar-refractivity contribution in [2.45, 2.75) is 19.4 Å². The number of carbonyl (C=O) groups is 2. The van der Waals surface area contributed by atoms with Crippen molar-refractivity contribution in [3.8, 4) is 0 Å². The van der Waals surface area contributed by atoms with Gasteiger partial charge in [-0.15, -0.1) is 0 Å². The van der Waals surface area contributed by atoms with Gasteiger partial charge < -0.3 is 15.6 Å². The van der Waals surface area contributed by atoms with Gasteiger partial charge in [0.05, 0.1) is 5.52 Å². The maximum absolute atomic E-state index is 12.8. The quantitative estimate of drug-likeness (QED) is 0.533. The summed E-state index contributed by atoms with van der Waals surface area (Å²) in [6.07, 6.45) is -0.00507. The second-order valence-electron chi connectivity index (χ2n) is 5.62. The Bertz CT molecular complexity index is 994. The normalized spacial score (nSPS) is 10.7. The van der Waals surface area contributed by atoms with E-state index in [1.807, 2.05) is 0 Å². The molecule has 0 aliphatic carbocycles. The van der Waals surface area contributed by atoms with Gasteiger partial charge in [-0.3, -0.25) is 14.6 Å². The van der Waals surface area contributed by atoms with Crippen molar-refractivity contribution >= 4 is 28.8 Å². The second-order valence-corrected chi connectivity index (χ2v) is 5.62. The molecule has 2 amide bonds. The molecule has 0 saturated heterocycles. The number of aromatic amines is 2. The summed E-state index contributed by atoms with van der Waals surface area (Å²) in [5.74, 6) is -0.716. The van der Waals surface area contributed by atoms with Gasteiger partial charge in [0.25, 0.3) is 0 Å². The predicted molar refractivity (Wildman–Crippen MR) is 92.8 cm³/mol. The van der Waals surface area contributed by atoms with E-state index in [9.17, 15) is 18.8 Å². The number of carbonyl (C=O) groups excluding carboxylic acids is 2. The van der Waals surface area contributed by atoms with E-state index in [-0.39, 0.29) is 48.5 Å². The Labute approximate surface area is 146 Å². The van der Waals surface area contributed by atoms with Crippen LogP contribution in [0.1, 0.15) is 18.4 Å². The number of fused-ring (bicyclic) bond motifs is 1. The molecule has 9 heteroatoms. The molecule has 0 radical (unpaired) electrons. The van der Waals surface area contributed by atoms with Crippen molar-refractivity contribution in [2.75, 3.05) is 5.32 Å². The fourth-order valence-corrected chi connectivity index (χ4v) is 2.31. The number of hydrogen-bond donors (Lipinski definition) is 4. The maximum Gasteiger partial charge on any atom is 0.325 e. The highest BCUT2D eigenvalue weighted by Crippen LogP contribution is 2.10. The lowest BCUT2D eigenvalue weighted by Gasteiger charge is -2.06. The molecule has 0 bridgehead atoms. The van der Waals surface area contributed by atoms with Gasteiger partial charge in [0.15, 0.2) is 5.65 Å². The number of benzene rings is 1. The van der Waals surface area contributed by atoms with Crippen molar-refractivity contribution < 1.29 is 14.0 Å². The lowest BCUT2D eigenvalue weighted by atomic mass is 10.2. The summed E-state index contributed by atoms with van der Waals surface area (Å²) in [7, 11) is 0. The van der Waals surface area contributed by atoms with Crippen LogP contribution in [-0.2, 0) is 16.1 Å². The smallest absolute Gasteiger partial charge is 0.325 e. The Morgan fingerprint density at radius 1 is 1.00 bits per heavy atom. The molecule has 2 aromatic heterocycles. The van der Waals surface area contributed by atoms with E-state index in [1.165, 1.54) is 12.1 Å². The van der Waals surface area contributed by atoms with Crippen molar-refractivity contribution in [1.29, 1.82) is 0 Å². The minimum Gasteiger partial charge on any atom is -0.352 e. The summed E-state index contributed by atoms with van der Waals surface area (Å²) in [5, 5.41) is 5.23. The van der Waals surface area contributed by atoms with E-state index in [2.05, 4.69) is 25.6 Å². The van der Waals surface area contributed by atoms with Crippen LogP contribution in [0.15, 0.2) is 41.2 Å². The summed E-state index contributed by atoms with van der Waals surface area (Å²) in [6.45, 7) is 0.264. The first-order chi connectivity index (χ1) is 12.5. The molecule has 0 aliphatic rings. The van der Waals surface area contributed by atoms with Gasteiger partial charge in [-0.25, -0.2) is 14.2 Å². The first-order valence-corrected chi connectivity index (χ1v) is 7.89. The van der Waals surface area contributed by atoms with Crippen LogP contribution in [-0.4, -0.2) is 26.8 Å². The van der Waals surface area contributed by atoms with Crippen LogP contribution in [0, 0.1) is 5.82 Å². The van der Waals surface area contributed by atoms with Crippen molar-refractivity contribution in [3.63, 3.8) is 0 Å². The number of nitrogens with one attached hydrogen (secondary N) is 4. The fraction of sp³-hybridized carbons (Fsp3) is 0.176. The van der Waals surface area contributed by atoms with Crippen LogP contribution in [0.4, 0.5) is 10.2 Å². The zero-order chi connectivity index (χ0) is 18.5. The highest BCUT2D eigenvalue weighted by Gasteiger charge is 2.09.